The Kier molecular flexibility index (Phi) is 3.12. The monoisotopic (exact) mass is 274 g/mol. The van der Waals surface area contributed by atoms with E-state index in [0.717, 1.165) is 30.6 Å². The van der Waals surface area contributed by atoms with Crippen molar-refractivity contribution < 1.29 is 14.7 Å². The third kappa shape index (κ3) is 2.03. The van der Waals surface area contributed by atoms with E-state index in [1.165, 1.54) is 0 Å². The summed E-state index contributed by atoms with van der Waals surface area (Å²) in [4.78, 5) is 25.3. The van der Waals surface area contributed by atoms with Crippen LogP contribution in [0.3, 0.4) is 0 Å². The zero-order chi connectivity index (χ0) is 14.3. The highest BCUT2D eigenvalue weighted by atomic mass is 16.4. The number of carboxylic acid groups (broad SMARTS) is 1. The molecule has 1 amide bonds. The number of hydrogen-bond donors (Lipinski definition) is 2. The average molecular weight is 274 g/mol. The largest absolute Gasteiger partial charge is 0.478 e. The number of hydrogen-bond acceptors (Lipinski definition) is 3. The Hall–Kier alpha value is -2.04. The summed E-state index contributed by atoms with van der Waals surface area (Å²) in [7, 11) is 0. The van der Waals surface area contributed by atoms with Gasteiger partial charge in [0.25, 0.3) is 0 Å². The minimum atomic E-state index is -0.917. The number of fused-ring (bicyclic) bond motifs is 1. The number of carboxylic acids is 1. The van der Waals surface area contributed by atoms with Crippen molar-refractivity contribution in [3.63, 3.8) is 0 Å². The van der Waals surface area contributed by atoms with Crippen LogP contribution in [0.15, 0.2) is 18.2 Å². The van der Waals surface area contributed by atoms with Gasteiger partial charge in [0.15, 0.2) is 0 Å². The molecule has 0 spiro atoms. The zero-order valence-corrected chi connectivity index (χ0v) is 11.4. The molecule has 5 nitrogen and oxygen atoms in total. The molecular formula is C15H18N2O3. The molecule has 0 radical (unpaired) electrons. The molecule has 0 bridgehead atoms. The van der Waals surface area contributed by atoms with Gasteiger partial charge in [0, 0.05) is 13.1 Å². The number of anilines is 1. The van der Waals surface area contributed by atoms with Gasteiger partial charge < -0.3 is 15.3 Å². The highest BCUT2D eigenvalue weighted by molar-refractivity contribution is 5.95. The van der Waals surface area contributed by atoms with Gasteiger partial charge in [-0.25, -0.2) is 4.79 Å². The first-order chi connectivity index (χ1) is 9.58. The topological polar surface area (TPSA) is 69.6 Å². The van der Waals surface area contributed by atoms with Crippen LogP contribution >= 0.6 is 0 Å². The van der Waals surface area contributed by atoms with Gasteiger partial charge >= 0.3 is 5.97 Å². The first-order valence-electron chi connectivity index (χ1n) is 6.96. The van der Waals surface area contributed by atoms with E-state index in [0.29, 0.717) is 12.1 Å². The van der Waals surface area contributed by atoms with Crippen molar-refractivity contribution in [2.45, 2.75) is 25.8 Å². The molecule has 1 aromatic carbocycles. The average Bonchev–Trinajstić information content (AvgIpc) is 2.80. The smallest absolute Gasteiger partial charge is 0.337 e. The summed E-state index contributed by atoms with van der Waals surface area (Å²) in [5.41, 5.74) is 2.09. The Bertz CT molecular complexity index is 570. The molecule has 2 aliphatic heterocycles. The standard InChI is InChI=1S/C15H18N2O3/c1-9-4-5-11(15(19)20)12(7-9)17-6-2-3-10-13(17)8-16-14(10)18/h4-5,7,10,13H,2-3,6,8H2,1H3,(H,16,18)(H,19,20). The summed E-state index contributed by atoms with van der Waals surface area (Å²) < 4.78 is 0. The van der Waals surface area contributed by atoms with Crippen LogP contribution in [0.5, 0.6) is 0 Å². The molecule has 0 saturated carbocycles. The van der Waals surface area contributed by atoms with E-state index in [-0.39, 0.29) is 17.9 Å². The van der Waals surface area contributed by atoms with E-state index in [1.54, 1.807) is 6.07 Å². The van der Waals surface area contributed by atoms with Gasteiger partial charge in [-0.05, 0) is 37.5 Å². The molecule has 2 heterocycles. The van der Waals surface area contributed by atoms with Crippen LogP contribution in [0.1, 0.15) is 28.8 Å². The number of nitrogens with one attached hydrogen (secondary N) is 1. The van der Waals surface area contributed by atoms with Gasteiger partial charge in [0.2, 0.25) is 5.91 Å². The number of piperidine rings is 1. The predicted molar refractivity (Wildman–Crippen MR) is 75.0 cm³/mol. The number of aromatic carboxylic acids is 1. The van der Waals surface area contributed by atoms with Crippen LogP contribution in [-0.4, -0.2) is 36.1 Å². The molecule has 20 heavy (non-hydrogen) atoms. The van der Waals surface area contributed by atoms with Crippen LogP contribution in [0.2, 0.25) is 0 Å². The minimum Gasteiger partial charge on any atom is -0.478 e. The van der Waals surface area contributed by atoms with E-state index < -0.39 is 5.97 Å². The molecular weight excluding hydrogens is 256 g/mol. The maximum atomic E-state index is 11.8. The third-order valence-corrected chi connectivity index (χ3v) is 4.29. The lowest BCUT2D eigenvalue weighted by Crippen LogP contribution is -2.46. The number of carbonyl (C=O) groups is 2. The third-order valence-electron chi connectivity index (χ3n) is 4.29. The maximum Gasteiger partial charge on any atom is 0.337 e. The van der Waals surface area contributed by atoms with Crippen molar-refractivity contribution in [2.24, 2.45) is 5.92 Å². The molecule has 0 aromatic heterocycles. The van der Waals surface area contributed by atoms with Crippen molar-refractivity contribution in [3.05, 3.63) is 29.3 Å². The quantitative estimate of drug-likeness (QED) is 0.855. The second-order valence-electron chi connectivity index (χ2n) is 5.58. The second-order valence-corrected chi connectivity index (χ2v) is 5.58. The molecule has 2 atom stereocenters. The molecule has 2 N–H and O–H groups in total. The summed E-state index contributed by atoms with van der Waals surface area (Å²) in [5, 5.41) is 12.3. The normalized spacial score (nSPS) is 25.2. The van der Waals surface area contributed by atoms with E-state index in [2.05, 4.69) is 10.2 Å². The van der Waals surface area contributed by atoms with Crippen molar-refractivity contribution in [1.29, 1.82) is 0 Å². The number of amides is 1. The second kappa shape index (κ2) is 4.81. The van der Waals surface area contributed by atoms with Crippen LogP contribution in [0.25, 0.3) is 0 Å². The van der Waals surface area contributed by atoms with Crippen LogP contribution in [0, 0.1) is 12.8 Å². The van der Waals surface area contributed by atoms with Gasteiger partial charge in [0.1, 0.15) is 0 Å². The first kappa shape index (κ1) is 13.0. The summed E-state index contributed by atoms with van der Waals surface area (Å²) in [6, 6.07) is 5.46. The summed E-state index contributed by atoms with van der Waals surface area (Å²) >= 11 is 0. The number of benzene rings is 1. The van der Waals surface area contributed by atoms with Gasteiger partial charge in [0.05, 0.1) is 23.2 Å². The van der Waals surface area contributed by atoms with Crippen molar-refractivity contribution >= 4 is 17.6 Å². The fraction of sp³-hybridized carbons (Fsp3) is 0.467. The molecule has 3 rings (SSSR count). The van der Waals surface area contributed by atoms with Gasteiger partial charge in [-0.15, -0.1) is 0 Å². The van der Waals surface area contributed by atoms with Gasteiger partial charge in [-0.1, -0.05) is 6.07 Å². The van der Waals surface area contributed by atoms with Gasteiger partial charge in [-0.2, -0.15) is 0 Å². The number of nitrogens with zero attached hydrogens (tertiary/aromatic N) is 1. The maximum absolute atomic E-state index is 11.8. The molecule has 5 heteroatoms. The lowest BCUT2D eigenvalue weighted by molar-refractivity contribution is -0.122. The van der Waals surface area contributed by atoms with Crippen LogP contribution < -0.4 is 10.2 Å². The number of aryl methyl sites for hydroxylation is 1. The Morgan fingerprint density at radius 1 is 1.45 bits per heavy atom. The summed E-state index contributed by atoms with van der Waals surface area (Å²) in [6.07, 6.45) is 1.81. The highest BCUT2D eigenvalue weighted by Crippen LogP contribution is 2.34. The van der Waals surface area contributed by atoms with Crippen LogP contribution in [0.4, 0.5) is 5.69 Å². The summed E-state index contributed by atoms with van der Waals surface area (Å²) in [6.45, 7) is 3.37. The minimum absolute atomic E-state index is 0.00842. The fourth-order valence-electron chi connectivity index (χ4n) is 3.31. The molecule has 2 unspecified atom stereocenters. The van der Waals surface area contributed by atoms with Crippen molar-refractivity contribution in [2.75, 3.05) is 18.0 Å². The molecule has 0 aliphatic carbocycles. The molecule has 2 aliphatic rings. The van der Waals surface area contributed by atoms with E-state index in [1.807, 2.05) is 19.1 Å². The number of rotatable bonds is 2. The SMILES string of the molecule is Cc1ccc(C(=O)O)c(N2CCCC3C(=O)NCC32)c1. The lowest BCUT2D eigenvalue weighted by Gasteiger charge is -2.38. The fourth-order valence-corrected chi connectivity index (χ4v) is 3.31. The molecule has 2 saturated heterocycles. The van der Waals surface area contributed by atoms with Crippen LogP contribution in [-0.2, 0) is 4.79 Å². The van der Waals surface area contributed by atoms with E-state index >= 15 is 0 Å². The van der Waals surface area contributed by atoms with Gasteiger partial charge in [-0.3, -0.25) is 4.79 Å². The van der Waals surface area contributed by atoms with Crippen molar-refractivity contribution in [3.8, 4) is 0 Å². The van der Waals surface area contributed by atoms with E-state index in [4.69, 9.17) is 0 Å². The molecule has 106 valence electrons. The Morgan fingerprint density at radius 3 is 3.00 bits per heavy atom. The van der Waals surface area contributed by atoms with Crippen molar-refractivity contribution in [1.82, 2.24) is 5.32 Å². The molecule has 2 fully saturated rings. The lowest BCUT2D eigenvalue weighted by atomic mass is 9.90. The Morgan fingerprint density at radius 2 is 2.25 bits per heavy atom. The Balaban J connectivity index is 2.01. The predicted octanol–water partition coefficient (Wildman–Crippen LogP) is 1.41. The zero-order valence-electron chi connectivity index (χ0n) is 11.4. The summed E-state index contributed by atoms with van der Waals surface area (Å²) in [5.74, 6) is -0.824. The Labute approximate surface area is 117 Å². The molecule has 1 aromatic rings. The first-order valence-corrected chi connectivity index (χ1v) is 6.96. The van der Waals surface area contributed by atoms with E-state index in [9.17, 15) is 14.7 Å². The number of carbonyl (C=O) groups excluding carboxylic acids is 1. The highest BCUT2D eigenvalue weighted by Gasteiger charge is 2.41.